The molecule has 23 heavy (non-hydrogen) atoms. The number of hydrogen-bond donors (Lipinski definition) is 2. The second-order valence-electron chi connectivity index (χ2n) is 4.66. The number of guanidine groups is 1. The first-order valence-electron chi connectivity index (χ1n) is 7.24. The van der Waals surface area contributed by atoms with E-state index in [9.17, 15) is 13.2 Å². The van der Waals surface area contributed by atoms with Crippen LogP contribution in [-0.4, -0.2) is 45.5 Å². The minimum atomic E-state index is -4.34. The molecule has 0 amide bonds. The molecule has 0 aliphatic carbocycles. The molecule has 0 saturated heterocycles. The molecule has 1 aromatic carbocycles. The average molecular weight is 333 g/mol. The van der Waals surface area contributed by atoms with Crippen molar-refractivity contribution in [3.63, 3.8) is 0 Å². The van der Waals surface area contributed by atoms with Gasteiger partial charge < -0.3 is 20.1 Å². The summed E-state index contributed by atoms with van der Waals surface area (Å²) in [6.07, 6.45) is -4.34. The van der Waals surface area contributed by atoms with E-state index in [0.717, 1.165) is 12.1 Å². The van der Waals surface area contributed by atoms with Crippen molar-refractivity contribution in [1.82, 2.24) is 10.6 Å². The Bertz CT molecular complexity index is 476. The van der Waals surface area contributed by atoms with Crippen LogP contribution in [0.1, 0.15) is 12.5 Å². The van der Waals surface area contributed by atoms with Gasteiger partial charge in [-0.15, -0.1) is 0 Å². The quantitative estimate of drug-likeness (QED) is 0.436. The molecular formula is C15H22F3N3O2. The van der Waals surface area contributed by atoms with Gasteiger partial charge in [-0.05, 0) is 24.6 Å². The van der Waals surface area contributed by atoms with E-state index < -0.39 is 12.8 Å². The molecule has 0 radical (unpaired) electrons. The van der Waals surface area contributed by atoms with E-state index in [2.05, 4.69) is 20.4 Å². The van der Waals surface area contributed by atoms with E-state index in [-0.39, 0.29) is 5.75 Å². The van der Waals surface area contributed by atoms with Gasteiger partial charge in [0.2, 0.25) is 0 Å². The molecule has 0 heterocycles. The van der Waals surface area contributed by atoms with Crippen LogP contribution < -0.4 is 15.4 Å². The molecule has 0 fully saturated rings. The van der Waals surface area contributed by atoms with E-state index in [1.54, 1.807) is 19.2 Å². The molecule has 0 aliphatic rings. The lowest BCUT2D eigenvalue weighted by molar-refractivity contribution is -0.153. The third kappa shape index (κ3) is 8.92. The summed E-state index contributed by atoms with van der Waals surface area (Å²) in [6.45, 7) is 2.99. The molecule has 130 valence electrons. The lowest BCUT2D eigenvalue weighted by Crippen LogP contribution is -2.38. The Morgan fingerprint density at radius 1 is 1.17 bits per heavy atom. The van der Waals surface area contributed by atoms with Gasteiger partial charge in [-0.3, -0.25) is 0 Å². The smallest absolute Gasteiger partial charge is 0.422 e. The monoisotopic (exact) mass is 333 g/mol. The van der Waals surface area contributed by atoms with E-state index in [4.69, 9.17) is 4.74 Å². The van der Waals surface area contributed by atoms with Crippen molar-refractivity contribution in [2.24, 2.45) is 4.99 Å². The number of hydrogen-bond acceptors (Lipinski definition) is 3. The number of halogens is 3. The third-order valence-electron chi connectivity index (χ3n) is 2.69. The number of benzene rings is 1. The SMILES string of the molecule is CCNC(=NCc1ccc(OCC(F)(F)F)cc1)NCCOC. The van der Waals surface area contributed by atoms with E-state index in [1.807, 2.05) is 6.92 Å². The normalized spacial score (nSPS) is 12.1. The molecule has 0 atom stereocenters. The lowest BCUT2D eigenvalue weighted by Gasteiger charge is -2.11. The zero-order valence-electron chi connectivity index (χ0n) is 13.2. The maximum Gasteiger partial charge on any atom is 0.422 e. The number of ether oxygens (including phenoxy) is 2. The summed E-state index contributed by atoms with van der Waals surface area (Å²) < 4.78 is 45.8. The lowest BCUT2D eigenvalue weighted by atomic mass is 10.2. The maximum absolute atomic E-state index is 12.1. The molecule has 0 bridgehead atoms. The molecule has 0 spiro atoms. The van der Waals surface area contributed by atoms with Gasteiger partial charge in [0.1, 0.15) is 5.75 Å². The zero-order valence-corrected chi connectivity index (χ0v) is 13.2. The Kier molecular flexibility index (Phi) is 8.25. The Morgan fingerprint density at radius 3 is 2.43 bits per heavy atom. The van der Waals surface area contributed by atoms with Crippen molar-refractivity contribution in [3.05, 3.63) is 29.8 Å². The highest BCUT2D eigenvalue weighted by atomic mass is 19.4. The van der Waals surface area contributed by atoms with Crippen LogP contribution in [0.25, 0.3) is 0 Å². The van der Waals surface area contributed by atoms with Crippen molar-refractivity contribution in [3.8, 4) is 5.75 Å². The molecule has 2 N–H and O–H groups in total. The largest absolute Gasteiger partial charge is 0.484 e. The average Bonchev–Trinajstić information content (AvgIpc) is 2.51. The van der Waals surface area contributed by atoms with Gasteiger partial charge in [-0.25, -0.2) is 4.99 Å². The first-order valence-corrected chi connectivity index (χ1v) is 7.24. The van der Waals surface area contributed by atoms with Gasteiger partial charge in [0.25, 0.3) is 0 Å². The standard InChI is InChI=1S/C15H22F3N3O2/c1-3-19-14(20-8-9-22-2)21-10-12-4-6-13(7-5-12)23-11-15(16,17)18/h4-7H,3,8-11H2,1-2H3,(H2,19,20,21). The fourth-order valence-electron chi connectivity index (χ4n) is 1.64. The topological polar surface area (TPSA) is 54.9 Å². The highest BCUT2D eigenvalue weighted by Gasteiger charge is 2.28. The summed E-state index contributed by atoms with van der Waals surface area (Å²) in [5.41, 5.74) is 0.869. The van der Waals surface area contributed by atoms with Gasteiger partial charge in [0.05, 0.1) is 13.2 Å². The molecule has 1 aromatic rings. The van der Waals surface area contributed by atoms with Crippen molar-refractivity contribution in [1.29, 1.82) is 0 Å². The number of aliphatic imine (C=N–C) groups is 1. The number of rotatable bonds is 8. The number of nitrogens with zero attached hydrogens (tertiary/aromatic N) is 1. The van der Waals surface area contributed by atoms with Gasteiger partial charge in [0, 0.05) is 20.2 Å². The first kappa shape index (κ1) is 19.1. The van der Waals surface area contributed by atoms with Crippen LogP contribution in [0.4, 0.5) is 13.2 Å². The van der Waals surface area contributed by atoms with E-state index in [0.29, 0.717) is 25.7 Å². The Balaban J connectivity index is 2.53. The predicted molar refractivity (Wildman–Crippen MR) is 82.7 cm³/mol. The van der Waals surface area contributed by atoms with Crippen LogP contribution in [0.5, 0.6) is 5.75 Å². The number of nitrogens with one attached hydrogen (secondary N) is 2. The van der Waals surface area contributed by atoms with Gasteiger partial charge in [0.15, 0.2) is 12.6 Å². The van der Waals surface area contributed by atoms with Crippen LogP contribution in [0, 0.1) is 0 Å². The minimum Gasteiger partial charge on any atom is -0.484 e. The van der Waals surface area contributed by atoms with Crippen LogP contribution >= 0.6 is 0 Å². The fraction of sp³-hybridized carbons (Fsp3) is 0.533. The first-order chi connectivity index (χ1) is 10.9. The molecule has 0 aliphatic heterocycles. The number of alkyl halides is 3. The highest BCUT2D eigenvalue weighted by molar-refractivity contribution is 5.79. The summed E-state index contributed by atoms with van der Waals surface area (Å²) in [5, 5.41) is 6.20. The molecule has 1 rings (SSSR count). The molecule has 0 aromatic heterocycles. The van der Waals surface area contributed by atoms with Crippen molar-refractivity contribution in [2.75, 3.05) is 33.4 Å². The third-order valence-corrected chi connectivity index (χ3v) is 2.69. The summed E-state index contributed by atoms with van der Waals surface area (Å²) in [6, 6.07) is 6.38. The van der Waals surface area contributed by atoms with E-state index >= 15 is 0 Å². The fourth-order valence-corrected chi connectivity index (χ4v) is 1.64. The number of methoxy groups -OCH3 is 1. The second-order valence-corrected chi connectivity index (χ2v) is 4.66. The Hall–Kier alpha value is -1.96. The molecular weight excluding hydrogens is 311 g/mol. The molecule has 0 saturated carbocycles. The summed E-state index contributed by atoms with van der Waals surface area (Å²) in [7, 11) is 1.62. The van der Waals surface area contributed by atoms with Crippen LogP contribution in [0.3, 0.4) is 0 Å². The highest BCUT2D eigenvalue weighted by Crippen LogP contribution is 2.19. The van der Waals surface area contributed by atoms with Gasteiger partial charge >= 0.3 is 6.18 Å². The molecule has 5 nitrogen and oxygen atoms in total. The van der Waals surface area contributed by atoms with Crippen molar-refractivity contribution in [2.45, 2.75) is 19.6 Å². The minimum absolute atomic E-state index is 0.181. The second kappa shape index (κ2) is 9.94. The van der Waals surface area contributed by atoms with Crippen LogP contribution in [0.2, 0.25) is 0 Å². The van der Waals surface area contributed by atoms with Gasteiger partial charge in [-0.1, -0.05) is 12.1 Å². The van der Waals surface area contributed by atoms with E-state index in [1.165, 1.54) is 12.1 Å². The molecule has 0 unspecified atom stereocenters. The van der Waals surface area contributed by atoms with Crippen LogP contribution in [-0.2, 0) is 11.3 Å². The van der Waals surface area contributed by atoms with Gasteiger partial charge in [-0.2, -0.15) is 13.2 Å². The molecule has 8 heteroatoms. The summed E-state index contributed by atoms with van der Waals surface area (Å²) >= 11 is 0. The summed E-state index contributed by atoms with van der Waals surface area (Å²) in [4.78, 5) is 4.39. The van der Waals surface area contributed by atoms with Crippen LogP contribution in [0.15, 0.2) is 29.3 Å². The van der Waals surface area contributed by atoms with Crippen molar-refractivity contribution >= 4 is 5.96 Å². The maximum atomic E-state index is 12.1. The Labute approximate surface area is 133 Å². The Morgan fingerprint density at radius 2 is 1.87 bits per heavy atom. The predicted octanol–water partition coefficient (Wildman–Crippen LogP) is 2.33. The zero-order chi connectivity index (χ0) is 17.1. The van der Waals surface area contributed by atoms with Crippen molar-refractivity contribution < 1.29 is 22.6 Å². The summed E-state index contributed by atoms with van der Waals surface area (Å²) in [5.74, 6) is 0.835.